The van der Waals surface area contributed by atoms with Crippen LogP contribution in [-0.2, 0) is 0 Å². The van der Waals surface area contributed by atoms with E-state index in [1.54, 1.807) is 12.1 Å². The van der Waals surface area contributed by atoms with Gasteiger partial charge in [0.05, 0.1) is 17.7 Å². The van der Waals surface area contributed by atoms with Crippen LogP contribution in [0, 0.1) is 6.92 Å². The summed E-state index contributed by atoms with van der Waals surface area (Å²) < 4.78 is 0. The molecular formula is C9H13ClN2O2. The normalized spacial score (nSPS) is 15.1. The number of alkyl halides is 1. The third-order valence-corrected chi connectivity index (χ3v) is 2.15. The first-order valence-corrected chi connectivity index (χ1v) is 4.74. The van der Waals surface area contributed by atoms with Gasteiger partial charge < -0.3 is 15.9 Å². The Balaban J connectivity index is 2.94. The second-order valence-corrected chi connectivity index (χ2v) is 3.47. The molecule has 0 aromatic carbocycles. The van der Waals surface area contributed by atoms with Gasteiger partial charge >= 0.3 is 0 Å². The maximum Gasteiger partial charge on any atom is 0.123 e. The van der Waals surface area contributed by atoms with Crippen LogP contribution in [0.1, 0.15) is 17.4 Å². The van der Waals surface area contributed by atoms with Gasteiger partial charge in [0.25, 0.3) is 0 Å². The summed E-state index contributed by atoms with van der Waals surface area (Å²) in [6.45, 7) is 1.83. The number of aryl methyl sites for hydroxylation is 1. The van der Waals surface area contributed by atoms with Gasteiger partial charge in [0, 0.05) is 0 Å². The molecule has 1 heterocycles. The highest BCUT2D eigenvalue weighted by Crippen LogP contribution is 2.18. The van der Waals surface area contributed by atoms with E-state index in [1.807, 2.05) is 6.92 Å². The molecule has 0 aliphatic carbocycles. The number of aliphatic hydroxyl groups is 2. The predicted octanol–water partition coefficient (Wildman–Crippen LogP) is 0.605. The summed E-state index contributed by atoms with van der Waals surface area (Å²) >= 11 is 5.41. The Hall–Kier alpha value is -0.840. The van der Waals surface area contributed by atoms with Gasteiger partial charge in [-0.2, -0.15) is 0 Å². The van der Waals surface area contributed by atoms with Crippen LogP contribution in [0.3, 0.4) is 0 Å². The number of pyridine rings is 1. The first kappa shape index (κ1) is 11.2. The summed E-state index contributed by atoms with van der Waals surface area (Å²) in [6, 6.07) is 3.35. The molecular weight excluding hydrogens is 204 g/mol. The molecule has 0 bridgehead atoms. The van der Waals surface area contributed by atoms with Gasteiger partial charge in [-0.15, -0.1) is 11.6 Å². The van der Waals surface area contributed by atoms with E-state index in [1.165, 1.54) is 0 Å². The van der Waals surface area contributed by atoms with E-state index < -0.39 is 12.2 Å². The molecule has 2 atom stereocenters. The van der Waals surface area contributed by atoms with Gasteiger partial charge in [0.2, 0.25) is 0 Å². The van der Waals surface area contributed by atoms with Gasteiger partial charge in [-0.05, 0) is 24.6 Å². The van der Waals surface area contributed by atoms with Gasteiger partial charge in [-0.25, -0.2) is 4.98 Å². The van der Waals surface area contributed by atoms with Crippen molar-refractivity contribution in [1.82, 2.24) is 4.98 Å². The Morgan fingerprint density at radius 1 is 1.50 bits per heavy atom. The SMILES string of the molecule is Cc1cc(N)nc(C(O)C(O)CCl)c1. The van der Waals surface area contributed by atoms with E-state index in [4.69, 9.17) is 17.3 Å². The first-order valence-electron chi connectivity index (χ1n) is 4.20. The lowest BCUT2D eigenvalue weighted by molar-refractivity contribution is 0.0300. The van der Waals surface area contributed by atoms with Crippen molar-refractivity contribution in [2.75, 3.05) is 11.6 Å². The van der Waals surface area contributed by atoms with Crippen molar-refractivity contribution in [2.45, 2.75) is 19.1 Å². The monoisotopic (exact) mass is 216 g/mol. The molecule has 1 rings (SSSR count). The average Bonchev–Trinajstić information content (AvgIpc) is 2.14. The van der Waals surface area contributed by atoms with Crippen molar-refractivity contribution >= 4 is 17.4 Å². The van der Waals surface area contributed by atoms with Crippen LogP contribution in [0.4, 0.5) is 5.82 Å². The number of rotatable bonds is 3. The zero-order valence-electron chi connectivity index (χ0n) is 7.81. The van der Waals surface area contributed by atoms with Crippen molar-refractivity contribution < 1.29 is 10.2 Å². The Bertz CT molecular complexity index is 299. The summed E-state index contributed by atoms with van der Waals surface area (Å²) in [5.74, 6) is 0.275. The van der Waals surface area contributed by atoms with E-state index in [2.05, 4.69) is 4.98 Å². The first-order chi connectivity index (χ1) is 6.54. The number of anilines is 1. The lowest BCUT2D eigenvalue weighted by Gasteiger charge is -2.15. The lowest BCUT2D eigenvalue weighted by Crippen LogP contribution is -2.21. The van der Waals surface area contributed by atoms with Crippen LogP contribution in [0.5, 0.6) is 0 Å². The number of hydrogen-bond acceptors (Lipinski definition) is 4. The number of aromatic nitrogens is 1. The number of aliphatic hydroxyl groups excluding tert-OH is 2. The summed E-state index contributed by atoms with van der Waals surface area (Å²) in [6.07, 6.45) is -2.11. The van der Waals surface area contributed by atoms with E-state index in [0.717, 1.165) is 5.56 Å². The quantitative estimate of drug-likeness (QED) is 0.647. The minimum absolute atomic E-state index is 0.0449. The number of nitrogens with two attached hydrogens (primary N) is 1. The van der Waals surface area contributed by atoms with E-state index in [-0.39, 0.29) is 5.88 Å². The minimum Gasteiger partial charge on any atom is -0.389 e. The molecule has 4 nitrogen and oxygen atoms in total. The maximum atomic E-state index is 9.59. The minimum atomic E-state index is -1.09. The van der Waals surface area contributed by atoms with Crippen molar-refractivity contribution in [3.63, 3.8) is 0 Å². The van der Waals surface area contributed by atoms with Crippen molar-refractivity contribution in [1.29, 1.82) is 0 Å². The Morgan fingerprint density at radius 3 is 2.64 bits per heavy atom. The summed E-state index contributed by atoms with van der Waals surface area (Å²) in [7, 11) is 0. The average molecular weight is 217 g/mol. The van der Waals surface area contributed by atoms with E-state index >= 15 is 0 Å². The molecule has 0 spiro atoms. The van der Waals surface area contributed by atoms with Crippen molar-refractivity contribution in [2.24, 2.45) is 0 Å². The van der Waals surface area contributed by atoms with Crippen LogP contribution in [-0.4, -0.2) is 27.2 Å². The van der Waals surface area contributed by atoms with Crippen molar-refractivity contribution in [3.8, 4) is 0 Å². The van der Waals surface area contributed by atoms with Crippen LogP contribution in [0.25, 0.3) is 0 Å². The number of nitrogens with zero attached hydrogens (tertiary/aromatic N) is 1. The van der Waals surface area contributed by atoms with Gasteiger partial charge in [-0.1, -0.05) is 0 Å². The zero-order valence-corrected chi connectivity index (χ0v) is 8.57. The topological polar surface area (TPSA) is 79.4 Å². The highest BCUT2D eigenvalue weighted by atomic mass is 35.5. The predicted molar refractivity (Wildman–Crippen MR) is 55.1 cm³/mol. The Morgan fingerprint density at radius 2 is 2.14 bits per heavy atom. The molecule has 78 valence electrons. The van der Waals surface area contributed by atoms with Crippen molar-refractivity contribution in [3.05, 3.63) is 23.4 Å². The molecule has 4 N–H and O–H groups in total. The molecule has 5 heteroatoms. The highest BCUT2D eigenvalue weighted by Gasteiger charge is 2.19. The van der Waals surface area contributed by atoms with Gasteiger partial charge in [-0.3, -0.25) is 0 Å². The Labute approximate surface area is 87.3 Å². The van der Waals surface area contributed by atoms with Crippen LogP contribution >= 0.6 is 11.6 Å². The van der Waals surface area contributed by atoms with E-state index in [9.17, 15) is 10.2 Å². The van der Waals surface area contributed by atoms with Crippen LogP contribution < -0.4 is 5.73 Å². The molecule has 0 saturated heterocycles. The Kier molecular flexibility index (Phi) is 3.69. The summed E-state index contributed by atoms with van der Waals surface area (Å²) in [4.78, 5) is 3.91. The summed E-state index contributed by atoms with van der Waals surface area (Å²) in [5, 5.41) is 18.9. The lowest BCUT2D eigenvalue weighted by atomic mass is 10.1. The van der Waals surface area contributed by atoms with Gasteiger partial charge in [0.1, 0.15) is 11.9 Å². The third kappa shape index (κ3) is 2.57. The molecule has 0 fully saturated rings. The molecule has 1 aromatic rings. The van der Waals surface area contributed by atoms with Crippen LogP contribution in [0.2, 0.25) is 0 Å². The largest absolute Gasteiger partial charge is 0.389 e. The fourth-order valence-corrected chi connectivity index (χ4v) is 1.32. The molecule has 0 aliphatic rings. The second kappa shape index (κ2) is 4.59. The molecule has 14 heavy (non-hydrogen) atoms. The number of halogens is 1. The molecule has 0 radical (unpaired) electrons. The molecule has 2 unspecified atom stereocenters. The molecule has 1 aromatic heterocycles. The molecule has 0 saturated carbocycles. The number of hydrogen-bond donors (Lipinski definition) is 3. The summed E-state index contributed by atoms with van der Waals surface area (Å²) in [5.41, 5.74) is 6.73. The molecule has 0 aliphatic heterocycles. The van der Waals surface area contributed by atoms with Crippen LogP contribution in [0.15, 0.2) is 12.1 Å². The standard InChI is InChI=1S/C9H13ClN2O2/c1-5-2-6(12-8(11)3-5)9(14)7(13)4-10/h2-3,7,9,13-14H,4H2,1H3,(H2,11,12). The molecule has 0 amide bonds. The highest BCUT2D eigenvalue weighted by molar-refractivity contribution is 6.18. The zero-order chi connectivity index (χ0) is 10.7. The smallest absolute Gasteiger partial charge is 0.123 e. The second-order valence-electron chi connectivity index (χ2n) is 3.16. The fourth-order valence-electron chi connectivity index (χ4n) is 1.15. The third-order valence-electron chi connectivity index (χ3n) is 1.83. The number of nitrogen functional groups attached to an aromatic ring is 1. The fraction of sp³-hybridized carbons (Fsp3) is 0.444. The van der Waals surface area contributed by atoms with Gasteiger partial charge in [0.15, 0.2) is 0 Å². The van der Waals surface area contributed by atoms with E-state index in [0.29, 0.717) is 11.5 Å². The maximum absolute atomic E-state index is 9.59.